The number of halogens is 3. The Labute approximate surface area is 144 Å². The summed E-state index contributed by atoms with van der Waals surface area (Å²) < 4.78 is 0. The Hall–Kier alpha value is -1.26. The van der Waals surface area contributed by atoms with Crippen molar-refractivity contribution >= 4 is 46.4 Å². The Morgan fingerprint density at radius 2 is 1.73 bits per heavy atom. The summed E-state index contributed by atoms with van der Waals surface area (Å²) in [5, 5.41) is 5.74. The molecule has 3 nitrogen and oxygen atoms in total. The molecule has 0 saturated carbocycles. The number of amides is 1. The second kappa shape index (κ2) is 7.84. The maximum Gasteiger partial charge on any atom is 0.279 e. The van der Waals surface area contributed by atoms with Gasteiger partial charge >= 0.3 is 0 Å². The Balaban J connectivity index is 1.94. The molecule has 0 bridgehead atoms. The second-order valence-electron chi connectivity index (χ2n) is 4.93. The van der Waals surface area contributed by atoms with E-state index < -0.39 is 0 Å². The van der Waals surface area contributed by atoms with E-state index in [9.17, 15) is 4.79 Å². The van der Waals surface area contributed by atoms with Crippen LogP contribution in [-0.4, -0.2) is 12.5 Å². The van der Waals surface area contributed by atoms with Gasteiger partial charge in [0, 0.05) is 10.6 Å². The van der Waals surface area contributed by atoms with Crippen molar-refractivity contribution < 1.29 is 10.1 Å². The minimum Gasteiger partial charge on any atom is -0.333 e. The summed E-state index contributed by atoms with van der Waals surface area (Å²) in [4.78, 5) is 12.0. The van der Waals surface area contributed by atoms with Gasteiger partial charge in [-0.1, -0.05) is 65.1 Å². The SMILES string of the molecule is C[C@H]([NH2+]CC(=O)Nc1c(Cl)cc(Cl)cc1Cl)c1ccccc1. The van der Waals surface area contributed by atoms with Gasteiger partial charge in [-0.05, 0) is 19.1 Å². The maximum atomic E-state index is 12.0. The van der Waals surface area contributed by atoms with Crippen molar-refractivity contribution in [1.29, 1.82) is 0 Å². The first-order valence-electron chi connectivity index (χ1n) is 6.80. The number of hydrogen-bond acceptors (Lipinski definition) is 1. The number of hydrogen-bond donors (Lipinski definition) is 2. The summed E-state index contributed by atoms with van der Waals surface area (Å²) in [6.07, 6.45) is 0. The van der Waals surface area contributed by atoms with E-state index in [1.807, 2.05) is 42.6 Å². The van der Waals surface area contributed by atoms with Gasteiger partial charge in [0.25, 0.3) is 5.91 Å². The summed E-state index contributed by atoms with van der Waals surface area (Å²) in [7, 11) is 0. The number of carbonyl (C=O) groups excluding carboxylic acids is 1. The number of rotatable bonds is 5. The van der Waals surface area contributed by atoms with E-state index in [0.29, 0.717) is 20.8 Å². The first-order chi connectivity index (χ1) is 10.5. The molecule has 0 fully saturated rings. The lowest BCUT2D eigenvalue weighted by Gasteiger charge is -2.12. The van der Waals surface area contributed by atoms with E-state index in [1.165, 1.54) is 0 Å². The van der Waals surface area contributed by atoms with Crippen LogP contribution in [-0.2, 0) is 4.79 Å². The molecule has 2 rings (SSSR count). The predicted octanol–water partition coefficient (Wildman–Crippen LogP) is 3.91. The maximum absolute atomic E-state index is 12.0. The highest BCUT2D eigenvalue weighted by Crippen LogP contribution is 2.33. The Bertz CT molecular complexity index is 639. The molecule has 116 valence electrons. The van der Waals surface area contributed by atoms with Gasteiger partial charge in [-0.3, -0.25) is 4.79 Å². The Morgan fingerprint density at radius 3 is 2.32 bits per heavy atom. The third-order valence-corrected chi connectivity index (χ3v) is 4.07. The monoisotopic (exact) mass is 357 g/mol. The lowest BCUT2D eigenvalue weighted by molar-refractivity contribution is -0.682. The fourth-order valence-corrected chi connectivity index (χ4v) is 2.94. The zero-order valence-electron chi connectivity index (χ0n) is 11.9. The smallest absolute Gasteiger partial charge is 0.279 e. The molecule has 6 heteroatoms. The van der Waals surface area contributed by atoms with Crippen molar-refractivity contribution in [3.63, 3.8) is 0 Å². The predicted molar refractivity (Wildman–Crippen MR) is 91.8 cm³/mol. The fraction of sp³-hybridized carbons (Fsp3) is 0.188. The molecule has 22 heavy (non-hydrogen) atoms. The molecule has 0 aliphatic heterocycles. The second-order valence-corrected chi connectivity index (χ2v) is 6.18. The van der Waals surface area contributed by atoms with Crippen molar-refractivity contribution in [3.05, 3.63) is 63.1 Å². The topological polar surface area (TPSA) is 45.7 Å². The molecule has 0 aliphatic rings. The van der Waals surface area contributed by atoms with Crippen molar-refractivity contribution in [2.24, 2.45) is 0 Å². The average molecular weight is 359 g/mol. The fourth-order valence-electron chi connectivity index (χ4n) is 2.03. The van der Waals surface area contributed by atoms with Gasteiger partial charge in [-0.25, -0.2) is 0 Å². The molecule has 3 N–H and O–H groups in total. The molecule has 2 aromatic rings. The third kappa shape index (κ3) is 4.62. The first kappa shape index (κ1) is 17.1. The van der Waals surface area contributed by atoms with Gasteiger partial charge in [-0.2, -0.15) is 0 Å². The quantitative estimate of drug-likeness (QED) is 0.836. The van der Waals surface area contributed by atoms with Gasteiger partial charge < -0.3 is 10.6 Å². The van der Waals surface area contributed by atoms with E-state index >= 15 is 0 Å². The minimum atomic E-state index is -0.172. The van der Waals surface area contributed by atoms with Gasteiger partial charge in [0.05, 0.1) is 15.7 Å². The van der Waals surface area contributed by atoms with Crippen molar-refractivity contribution in [1.82, 2.24) is 0 Å². The Kier molecular flexibility index (Phi) is 6.09. The van der Waals surface area contributed by atoms with E-state index in [4.69, 9.17) is 34.8 Å². The number of nitrogens with two attached hydrogens (primary N) is 1. The highest BCUT2D eigenvalue weighted by molar-refractivity contribution is 6.42. The number of benzene rings is 2. The van der Waals surface area contributed by atoms with Gasteiger partial charge in [0.15, 0.2) is 6.54 Å². The summed E-state index contributed by atoms with van der Waals surface area (Å²) in [5.41, 5.74) is 1.55. The summed E-state index contributed by atoms with van der Waals surface area (Å²) in [6, 6.07) is 13.3. The molecule has 1 atom stereocenters. The summed E-state index contributed by atoms with van der Waals surface area (Å²) >= 11 is 17.9. The van der Waals surface area contributed by atoms with Crippen LogP contribution < -0.4 is 10.6 Å². The van der Waals surface area contributed by atoms with Gasteiger partial charge in [0.1, 0.15) is 6.04 Å². The standard InChI is InChI=1S/C16H15Cl3N2O/c1-10(11-5-3-2-4-6-11)20-9-15(22)21-16-13(18)7-12(17)8-14(16)19/h2-8,10,20H,9H2,1H3,(H,21,22)/p+1/t10-/m0/s1. The van der Waals surface area contributed by atoms with E-state index in [0.717, 1.165) is 5.56 Å². The molecule has 0 aromatic heterocycles. The average Bonchev–Trinajstić information content (AvgIpc) is 2.49. The number of anilines is 1. The number of carbonyl (C=O) groups is 1. The van der Waals surface area contributed by atoms with Crippen LogP contribution in [0, 0.1) is 0 Å². The lowest BCUT2D eigenvalue weighted by Crippen LogP contribution is -2.86. The zero-order chi connectivity index (χ0) is 16.1. The first-order valence-corrected chi connectivity index (χ1v) is 7.93. The molecule has 2 aromatic carbocycles. The van der Waals surface area contributed by atoms with Gasteiger partial charge in [-0.15, -0.1) is 0 Å². The molecule has 0 aliphatic carbocycles. The van der Waals surface area contributed by atoms with E-state index in [2.05, 4.69) is 5.32 Å². The highest BCUT2D eigenvalue weighted by Gasteiger charge is 2.14. The van der Waals surface area contributed by atoms with Crippen LogP contribution in [0.2, 0.25) is 15.1 Å². The van der Waals surface area contributed by atoms with Crippen LogP contribution in [0.5, 0.6) is 0 Å². The largest absolute Gasteiger partial charge is 0.333 e. The number of quaternary nitrogens is 1. The molecule has 0 unspecified atom stereocenters. The lowest BCUT2D eigenvalue weighted by atomic mass is 10.1. The summed E-state index contributed by atoms with van der Waals surface area (Å²) in [6.45, 7) is 2.32. The van der Waals surface area contributed by atoms with E-state index in [-0.39, 0.29) is 18.5 Å². The Morgan fingerprint density at radius 1 is 1.14 bits per heavy atom. The summed E-state index contributed by atoms with van der Waals surface area (Å²) in [5.74, 6) is -0.172. The van der Waals surface area contributed by atoms with Crippen molar-refractivity contribution in [2.45, 2.75) is 13.0 Å². The van der Waals surface area contributed by atoms with Crippen LogP contribution in [0.1, 0.15) is 18.5 Å². The third-order valence-electron chi connectivity index (χ3n) is 3.25. The van der Waals surface area contributed by atoms with Crippen LogP contribution in [0.15, 0.2) is 42.5 Å². The molecular weight excluding hydrogens is 343 g/mol. The minimum absolute atomic E-state index is 0.172. The molecule has 1 amide bonds. The van der Waals surface area contributed by atoms with Crippen LogP contribution in [0.4, 0.5) is 5.69 Å². The number of nitrogens with one attached hydrogen (secondary N) is 1. The van der Waals surface area contributed by atoms with Crippen LogP contribution in [0.3, 0.4) is 0 Å². The zero-order valence-corrected chi connectivity index (χ0v) is 14.2. The normalized spacial score (nSPS) is 12.0. The molecule has 0 radical (unpaired) electrons. The van der Waals surface area contributed by atoms with Crippen LogP contribution in [0.25, 0.3) is 0 Å². The van der Waals surface area contributed by atoms with Gasteiger partial charge in [0.2, 0.25) is 0 Å². The van der Waals surface area contributed by atoms with E-state index in [1.54, 1.807) is 12.1 Å². The molecule has 0 heterocycles. The van der Waals surface area contributed by atoms with Crippen molar-refractivity contribution in [2.75, 3.05) is 11.9 Å². The molecule has 0 saturated heterocycles. The highest BCUT2D eigenvalue weighted by atomic mass is 35.5. The van der Waals surface area contributed by atoms with Crippen LogP contribution >= 0.6 is 34.8 Å². The van der Waals surface area contributed by atoms with Crippen molar-refractivity contribution in [3.8, 4) is 0 Å². The molecule has 0 spiro atoms. The molecular formula is C16H16Cl3N2O+.